The van der Waals surface area contributed by atoms with Gasteiger partial charge in [-0.1, -0.05) is 63.4 Å². The molecule has 3 atom stereocenters. The lowest BCUT2D eigenvalue weighted by atomic mass is 9.73. The fraction of sp³-hybridized carbons (Fsp3) is 0.609. The number of nitrogens with one attached hydrogen (secondary N) is 2. The van der Waals surface area contributed by atoms with E-state index in [4.69, 9.17) is 11.6 Å². The van der Waals surface area contributed by atoms with E-state index in [2.05, 4.69) is 29.4 Å². The second-order valence-corrected chi connectivity index (χ2v) is 8.91. The smallest absolute Gasteiger partial charge is 0.325 e. The first-order valence-corrected chi connectivity index (χ1v) is 11.6. The Labute approximate surface area is 189 Å². The molecule has 7 nitrogen and oxygen atoms in total. The number of nitrogens with zero attached hydrogens (tertiary/aromatic N) is 2. The number of rotatable bonds is 8. The predicted octanol–water partition coefficient (Wildman–Crippen LogP) is 3.34. The van der Waals surface area contributed by atoms with Gasteiger partial charge in [-0.2, -0.15) is 0 Å². The first-order valence-electron chi connectivity index (χ1n) is 11.2. The summed E-state index contributed by atoms with van der Waals surface area (Å²) in [4.78, 5) is 41.6. The average Bonchev–Trinajstić information content (AvgIpc) is 2.99. The van der Waals surface area contributed by atoms with Crippen molar-refractivity contribution in [2.24, 2.45) is 5.92 Å². The van der Waals surface area contributed by atoms with Gasteiger partial charge in [0, 0.05) is 11.6 Å². The Morgan fingerprint density at radius 2 is 2.00 bits per heavy atom. The molecule has 1 aromatic carbocycles. The summed E-state index contributed by atoms with van der Waals surface area (Å²) in [7, 11) is 0. The van der Waals surface area contributed by atoms with Gasteiger partial charge in [0.1, 0.15) is 12.1 Å². The number of imide groups is 1. The molecule has 2 N–H and O–H groups in total. The normalized spacial score (nSPS) is 24.5. The van der Waals surface area contributed by atoms with Crippen LogP contribution in [0.5, 0.6) is 0 Å². The average molecular weight is 449 g/mol. The number of halogens is 1. The Kier molecular flexibility index (Phi) is 7.59. The molecule has 31 heavy (non-hydrogen) atoms. The highest BCUT2D eigenvalue weighted by Gasteiger charge is 2.55. The van der Waals surface area contributed by atoms with Gasteiger partial charge >= 0.3 is 6.03 Å². The molecule has 170 valence electrons. The maximum absolute atomic E-state index is 13.1. The Hall–Kier alpha value is -2.12. The number of likely N-dealkylation sites (N-methyl/N-ethyl adjacent to an activating group) is 1. The molecule has 2 fully saturated rings. The van der Waals surface area contributed by atoms with Crippen LogP contribution < -0.4 is 10.6 Å². The quantitative estimate of drug-likeness (QED) is 0.597. The molecule has 1 spiro atoms. The zero-order chi connectivity index (χ0) is 22.6. The van der Waals surface area contributed by atoms with Gasteiger partial charge < -0.3 is 10.6 Å². The first kappa shape index (κ1) is 23.5. The standard InChI is InChI=1S/C23H33ClN4O3/c1-4-27(5-2)19(17-11-6-7-12-18(17)24)14-25-20(29)15-28-21(30)23(26-22(28)31)13-9-8-10-16(23)3/h6-7,11-12,16,19H,4-5,8-10,13-15H2,1-3H3,(H,25,29)(H,26,31). The summed E-state index contributed by atoms with van der Waals surface area (Å²) in [5.41, 5.74) is 0.0925. The number of carbonyl (C=O) groups is 3. The van der Waals surface area contributed by atoms with Gasteiger partial charge in [-0.15, -0.1) is 0 Å². The maximum Gasteiger partial charge on any atom is 0.325 e. The van der Waals surface area contributed by atoms with E-state index in [1.165, 1.54) is 0 Å². The number of benzene rings is 1. The molecular formula is C23H33ClN4O3. The lowest BCUT2D eigenvalue weighted by Gasteiger charge is -2.36. The van der Waals surface area contributed by atoms with E-state index in [1.54, 1.807) is 0 Å². The van der Waals surface area contributed by atoms with Crippen LogP contribution in [0.25, 0.3) is 0 Å². The minimum atomic E-state index is -0.850. The monoisotopic (exact) mass is 448 g/mol. The SMILES string of the molecule is CCN(CC)C(CNC(=O)CN1C(=O)NC2(CCCCC2C)C1=O)c1ccccc1Cl. The van der Waals surface area contributed by atoms with Gasteiger partial charge in [0.2, 0.25) is 5.91 Å². The van der Waals surface area contributed by atoms with Gasteiger partial charge in [-0.25, -0.2) is 4.79 Å². The molecule has 2 aliphatic rings. The largest absolute Gasteiger partial charge is 0.353 e. The van der Waals surface area contributed by atoms with Crippen molar-refractivity contribution in [2.45, 2.75) is 58.0 Å². The molecule has 1 heterocycles. The third-order valence-corrected chi connectivity index (χ3v) is 7.16. The van der Waals surface area contributed by atoms with Crippen LogP contribution in [-0.2, 0) is 9.59 Å². The molecule has 1 aliphatic carbocycles. The minimum absolute atomic E-state index is 0.0676. The summed E-state index contributed by atoms with van der Waals surface area (Å²) >= 11 is 6.42. The number of urea groups is 1. The molecule has 3 rings (SSSR count). The Morgan fingerprint density at radius 1 is 1.29 bits per heavy atom. The van der Waals surface area contributed by atoms with Gasteiger partial charge in [0.15, 0.2) is 0 Å². The maximum atomic E-state index is 13.1. The van der Waals surface area contributed by atoms with E-state index in [9.17, 15) is 14.4 Å². The first-order chi connectivity index (χ1) is 14.8. The summed E-state index contributed by atoms with van der Waals surface area (Å²) < 4.78 is 0. The Bertz CT molecular complexity index is 829. The van der Waals surface area contributed by atoms with Crippen molar-refractivity contribution in [2.75, 3.05) is 26.2 Å². The van der Waals surface area contributed by atoms with Gasteiger partial charge in [0.25, 0.3) is 5.91 Å². The van der Waals surface area contributed by atoms with Crippen molar-refractivity contribution < 1.29 is 14.4 Å². The van der Waals surface area contributed by atoms with Crippen LogP contribution in [0, 0.1) is 5.92 Å². The molecule has 1 saturated heterocycles. The van der Waals surface area contributed by atoms with Gasteiger partial charge in [-0.3, -0.25) is 19.4 Å². The summed E-state index contributed by atoms with van der Waals surface area (Å²) in [5.74, 6) is -0.558. The van der Waals surface area contributed by atoms with E-state index in [0.29, 0.717) is 18.0 Å². The molecule has 0 radical (unpaired) electrons. The van der Waals surface area contributed by atoms with E-state index in [1.807, 2.05) is 31.2 Å². The highest BCUT2D eigenvalue weighted by molar-refractivity contribution is 6.31. The van der Waals surface area contributed by atoms with Crippen LogP contribution in [-0.4, -0.2) is 59.4 Å². The van der Waals surface area contributed by atoms with E-state index in [-0.39, 0.29) is 30.3 Å². The summed E-state index contributed by atoms with van der Waals surface area (Å²) in [6.07, 6.45) is 3.49. The number of amides is 4. The number of hydrogen-bond donors (Lipinski definition) is 2. The number of hydrogen-bond acceptors (Lipinski definition) is 4. The molecule has 0 aromatic heterocycles. The van der Waals surface area contributed by atoms with E-state index < -0.39 is 11.6 Å². The summed E-state index contributed by atoms with van der Waals surface area (Å²) in [6, 6.07) is 7.04. The highest BCUT2D eigenvalue weighted by atomic mass is 35.5. The van der Waals surface area contributed by atoms with Gasteiger partial charge in [0.05, 0.1) is 6.04 Å². The second kappa shape index (κ2) is 10.0. The van der Waals surface area contributed by atoms with Crippen LogP contribution in [0.3, 0.4) is 0 Å². The zero-order valence-electron chi connectivity index (χ0n) is 18.6. The zero-order valence-corrected chi connectivity index (χ0v) is 19.4. The van der Waals surface area contributed by atoms with Crippen LogP contribution in [0.1, 0.15) is 58.1 Å². The van der Waals surface area contributed by atoms with Crippen molar-refractivity contribution >= 4 is 29.4 Å². The van der Waals surface area contributed by atoms with Crippen molar-refractivity contribution in [1.29, 1.82) is 0 Å². The molecule has 1 aliphatic heterocycles. The number of carbonyl (C=O) groups excluding carboxylic acids is 3. The lowest BCUT2D eigenvalue weighted by molar-refractivity contribution is -0.137. The molecule has 3 unspecified atom stereocenters. The molecule has 1 saturated carbocycles. The highest BCUT2D eigenvalue weighted by Crippen LogP contribution is 2.38. The van der Waals surface area contributed by atoms with Crippen molar-refractivity contribution in [3.05, 3.63) is 34.9 Å². The van der Waals surface area contributed by atoms with E-state index in [0.717, 1.165) is 42.8 Å². The molecule has 1 aromatic rings. The molecular weight excluding hydrogens is 416 g/mol. The van der Waals surface area contributed by atoms with Crippen molar-refractivity contribution in [3.63, 3.8) is 0 Å². The fourth-order valence-electron chi connectivity index (χ4n) is 4.89. The predicted molar refractivity (Wildman–Crippen MR) is 121 cm³/mol. The lowest BCUT2D eigenvalue weighted by Crippen LogP contribution is -2.54. The third kappa shape index (κ3) is 4.72. The van der Waals surface area contributed by atoms with Crippen molar-refractivity contribution in [3.8, 4) is 0 Å². The Balaban J connectivity index is 1.67. The van der Waals surface area contributed by atoms with Crippen LogP contribution in [0.15, 0.2) is 24.3 Å². The fourth-order valence-corrected chi connectivity index (χ4v) is 5.16. The second-order valence-electron chi connectivity index (χ2n) is 8.50. The summed E-state index contributed by atoms with van der Waals surface area (Å²) in [5, 5.41) is 6.45. The van der Waals surface area contributed by atoms with Crippen LogP contribution in [0.4, 0.5) is 4.79 Å². The molecule has 4 amide bonds. The van der Waals surface area contributed by atoms with Crippen LogP contribution in [0.2, 0.25) is 5.02 Å². The minimum Gasteiger partial charge on any atom is -0.353 e. The molecule has 8 heteroatoms. The van der Waals surface area contributed by atoms with Gasteiger partial charge in [-0.05, 0) is 43.5 Å². The van der Waals surface area contributed by atoms with Crippen LogP contribution >= 0.6 is 11.6 Å². The van der Waals surface area contributed by atoms with Crippen molar-refractivity contribution in [1.82, 2.24) is 20.4 Å². The Morgan fingerprint density at radius 3 is 2.65 bits per heavy atom. The third-order valence-electron chi connectivity index (χ3n) is 6.81. The summed E-state index contributed by atoms with van der Waals surface area (Å²) in [6.45, 7) is 7.80. The van der Waals surface area contributed by atoms with E-state index >= 15 is 0 Å². The molecule has 0 bridgehead atoms. The topological polar surface area (TPSA) is 81.8 Å².